The van der Waals surface area contributed by atoms with Crippen molar-refractivity contribution in [2.24, 2.45) is 17.3 Å². The number of amides is 1. The molecule has 9 nitrogen and oxygen atoms in total. The van der Waals surface area contributed by atoms with Crippen molar-refractivity contribution in [3.8, 4) is 11.5 Å². The van der Waals surface area contributed by atoms with Gasteiger partial charge < -0.3 is 18.7 Å². The summed E-state index contributed by atoms with van der Waals surface area (Å²) in [5.74, 6) is 4.25. The number of ether oxygens (including phenoxy) is 1. The molecule has 40 heavy (non-hydrogen) atoms. The van der Waals surface area contributed by atoms with E-state index in [1.807, 2.05) is 29.2 Å². The first-order chi connectivity index (χ1) is 19.6. The number of hydrogen-bond donors (Lipinski definition) is 0. The maximum Gasteiger partial charge on any atom is 0.257 e. The minimum Gasteiger partial charge on any atom is -0.381 e. The number of fused-ring (bicyclic) bond motifs is 2. The summed E-state index contributed by atoms with van der Waals surface area (Å²) in [6.07, 6.45) is 11.1. The summed E-state index contributed by atoms with van der Waals surface area (Å²) >= 11 is 0. The standard InChI is InChI=1S/C31H35N5O4/c37-30(21-9-12-38-13-10-21)36(24-3-1-2-22(15-24)28-32-26(34-39-28)14-19-4-5-19)18-31-11-8-25(23(16-31)17-31)29-33-27(35-40-29)20-6-7-20/h1-3,15,19-21H,4-14,16-18H2. The molecule has 0 unspecified atom stereocenters. The fourth-order valence-corrected chi connectivity index (χ4v) is 6.76. The largest absolute Gasteiger partial charge is 0.381 e. The highest BCUT2D eigenvalue weighted by Crippen LogP contribution is 2.58. The van der Waals surface area contributed by atoms with Crippen LogP contribution in [0, 0.1) is 17.3 Å². The van der Waals surface area contributed by atoms with Gasteiger partial charge in [0.2, 0.25) is 5.91 Å². The smallest absolute Gasteiger partial charge is 0.257 e. The van der Waals surface area contributed by atoms with Gasteiger partial charge in [-0.05, 0) is 93.7 Å². The van der Waals surface area contributed by atoms with E-state index in [4.69, 9.17) is 18.8 Å². The van der Waals surface area contributed by atoms with Gasteiger partial charge in [-0.3, -0.25) is 4.79 Å². The Kier molecular flexibility index (Phi) is 5.90. The van der Waals surface area contributed by atoms with Crippen LogP contribution >= 0.6 is 0 Å². The maximum absolute atomic E-state index is 14.0. The molecule has 3 saturated carbocycles. The van der Waals surface area contributed by atoms with Gasteiger partial charge in [0, 0.05) is 54.8 Å². The second kappa shape index (κ2) is 9.65. The Morgan fingerprint density at radius 2 is 1.80 bits per heavy atom. The lowest BCUT2D eigenvalue weighted by Gasteiger charge is -2.51. The Labute approximate surface area is 233 Å². The zero-order chi connectivity index (χ0) is 26.7. The highest BCUT2D eigenvalue weighted by atomic mass is 16.5. The predicted molar refractivity (Wildman–Crippen MR) is 146 cm³/mol. The molecule has 5 aliphatic carbocycles. The zero-order valence-corrected chi connectivity index (χ0v) is 22.8. The van der Waals surface area contributed by atoms with Crippen LogP contribution in [0.3, 0.4) is 0 Å². The number of allylic oxidation sites excluding steroid dienone is 2. The van der Waals surface area contributed by atoms with Crippen LogP contribution in [0.15, 0.2) is 38.9 Å². The van der Waals surface area contributed by atoms with Crippen LogP contribution in [-0.4, -0.2) is 45.9 Å². The van der Waals surface area contributed by atoms with Gasteiger partial charge in [-0.15, -0.1) is 0 Å². The average molecular weight is 542 g/mol. The Bertz CT molecular complexity index is 1450. The number of hydrogen-bond acceptors (Lipinski definition) is 8. The van der Waals surface area contributed by atoms with Crippen molar-refractivity contribution in [2.45, 2.75) is 76.5 Å². The number of nitrogens with zero attached hydrogens (tertiary/aromatic N) is 5. The minimum atomic E-state index is -0.0177. The molecule has 4 fully saturated rings. The molecule has 1 amide bonds. The van der Waals surface area contributed by atoms with Crippen LogP contribution in [-0.2, 0) is 16.0 Å². The number of anilines is 1. The summed E-state index contributed by atoms with van der Waals surface area (Å²) in [6.45, 7) is 1.99. The van der Waals surface area contributed by atoms with Crippen LogP contribution in [0.5, 0.6) is 0 Å². The molecule has 2 bridgehead atoms. The van der Waals surface area contributed by atoms with Crippen molar-refractivity contribution >= 4 is 17.2 Å². The van der Waals surface area contributed by atoms with Gasteiger partial charge in [-0.2, -0.15) is 9.97 Å². The van der Waals surface area contributed by atoms with Crippen LogP contribution < -0.4 is 4.90 Å². The Morgan fingerprint density at radius 1 is 0.975 bits per heavy atom. The van der Waals surface area contributed by atoms with E-state index in [2.05, 4.69) is 15.3 Å². The van der Waals surface area contributed by atoms with Gasteiger partial charge in [-0.1, -0.05) is 22.0 Å². The minimum absolute atomic E-state index is 0.0177. The van der Waals surface area contributed by atoms with E-state index in [0.29, 0.717) is 43.4 Å². The van der Waals surface area contributed by atoms with Crippen LogP contribution in [0.25, 0.3) is 17.0 Å². The fraction of sp³-hybridized carbons (Fsp3) is 0.581. The molecule has 0 spiro atoms. The molecule has 9 rings (SSSR count). The van der Waals surface area contributed by atoms with Crippen molar-refractivity contribution in [1.82, 2.24) is 20.3 Å². The van der Waals surface area contributed by atoms with Gasteiger partial charge in [0.1, 0.15) is 0 Å². The summed E-state index contributed by atoms with van der Waals surface area (Å²) in [5.41, 5.74) is 4.50. The summed E-state index contributed by atoms with van der Waals surface area (Å²) in [4.78, 5) is 25.5. The number of carbonyl (C=O) groups excluding carboxylic acids is 1. The molecule has 0 atom stereocenters. The number of benzene rings is 1. The molecular formula is C31H35N5O4. The third-order valence-corrected chi connectivity index (χ3v) is 9.52. The first-order valence-corrected chi connectivity index (χ1v) is 15.0. The lowest BCUT2D eigenvalue weighted by Crippen LogP contribution is -2.50. The zero-order valence-electron chi connectivity index (χ0n) is 22.8. The molecule has 1 aliphatic heterocycles. The molecule has 0 radical (unpaired) electrons. The Balaban J connectivity index is 1.05. The van der Waals surface area contributed by atoms with E-state index in [-0.39, 0.29) is 17.2 Å². The fourth-order valence-electron chi connectivity index (χ4n) is 6.76. The van der Waals surface area contributed by atoms with Gasteiger partial charge in [0.15, 0.2) is 11.6 Å². The average Bonchev–Trinajstić information content (AvgIpc) is 3.90. The van der Waals surface area contributed by atoms with Crippen molar-refractivity contribution in [2.75, 3.05) is 24.7 Å². The highest BCUT2D eigenvalue weighted by molar-refractivity contribution is 5.96. The van der Waals surface area contributed by atoms with Crippen molar-refractivity contribution in [3.05, 3.63) is 47.4 Å². The number of aromatic nitrogens is 4. The summed E-state index contributed by atoms with van der Waals surface area (Å²) in [6, 6.07) is 8.07. The van der Waals surface area contributed by atoms with Crippen molar-refractivity contribution in [3.63, 3.8) is 0 Å². The molecular weight excluding hydrogens is 506 g/mol. The van der Waals surface area contributed by atoms with Crippen LogP contribution in [0.1, 0.15) is 87.7 Å². The second-order valence-electron chi connectivity index (χ2n) is 12.7. The third kappa shape index (κ3) is 4.68. The lowest BCUT2D eigenvalue weighted by molar-refractivity contribution is -0.125. The summed E-state index contributed by atoms with van der Waals surface area (Å²) in [7, 11) is 0. The van der Waals surface area contributed by atoms with Gasteiger partial charge >= 0.3 is 0 Å². The van der Waals surface area contributed by atoms with Gasteiger partial charge in [0.05, 0.1) is 0 Å². The van der Waals surface area contributed by atoms with Gasteiger partial charge in [0.25, 0.3) is 11.8 Å². The third-order valence-electron chi connectivity index (χ3n) is 9.52. The van der Waals surface area contributed by atoms with Crippen molar-refractivity contribution in [1.29, 1.82) is 0 Å². The first-order valence-electron chi connectivity index (χ1n) is 15.0. The molecule has 208 valence electrons. The van der Waals surface area contributed by atoms with Crippen molar-refractivity contribution < 1.29 is 18.6 Å². The molecule has 2 aromatic heterocycles. The van der Waals surface area contributed by atoms with Crippen LogP contribution in [0.4, 0.5) is 5.69 Å². The van der Waals surface area contributed by atoms with E-state index >= 15 is 0 Å². The topological polar surface area (TPSA) is 107 Å². The van der Waals surface area contributed by atoms with E-state index in [1.165, 1.54) is 36.8 Å². The SMILES string of the molecule is O=C(C1CCOCC1)N(CC12CCC(c3nc(C4CC4)no3)=C(C1)C2)c1cccc(-c2nc(CC3CC3)no2)c1. The quantitative estimate of drug-likeness (QED) is 0.338. The molecule has 9 heteroatoms. The van der Waals surface area contributed by atoms with Gasteiger partial charge in [-0.25, -0.2) is 0 Å². The molecule has 1 saturated heterocycles. The van der Waals surface area contributed by atoms with E-state index in [9.17, 15) is 4.79 Å². The molecule has 3 heterocycles. The maximum atomic E-state index is 14.0. The normalized spacial score (nSPS) is 22.3. The van der Waals surface area contributed by atoms with E-state index < -0.39 is 0 Å². The van der Waals surface area contributed by atoms with E-state index in [0.717, 1.165) is 67.8 Å². The number of rotatable bonds is 9. The molecule has 0 N–H and O–H groups in total. The highest BCUT2D eigenvalue weighted by Gasteiger charge is 2.48. The second-order valence-corrected chi connectivity index (χ2v) is 12.7. The van der Waals surface area contributed by atoms with E-state index in [1.54, 1.807) is 0 Å². The molecule has 6 aliphatic rings. The first kappa shape index (κ1) is 24.5. The summed E-state index contributed by atoms with van der Waals surface area (Å²) < 4.78 is 16.9. The Hall–Kier alpha value is -3.33. The lowest BCUT2D eigenvalue weighted by atomic mass is 9.57. The summed E-state index contributed by atoms with van der Waals surface area (Å²) in [5, 5.41) is 8.45. The number of carbonyl (C=O) groups is 1. The molecule has 3 aromatic rings. The predicted octanol–water partition coefficient (Wildman–Crippen LogP) is 5.74. The monoisotopic (exact) mass is 541 g/mol. The Morgan fingerprint density at radius 3 is 2.55 bits per heavy atom. The molecule has 1 aromatic carbocycles. The van der Waals surface area contributed by atoms with Crippen LogP contribution in [0.2, 0.25) is 0 Å².